The van der Waals surface area contributed by atoms with E-state index in [1.807, 2.05) is 18.2 Å². The molecule has 2 N–H and O–H groups in total. The number of nitrogens with zero attached hydrogens (tertiary/aromatic N) is 3. The molecule has 9 heteroatoms. The molecule has 0 spiro atoms. The van der Waals surface area contributed by atoms with Crippen LogP contribution >= 0.6 is 11.6 Å². The van der Waals surface area contributed by atoms with Crippen molar-refractivity contribution in [2.24, 2.45) is 11.8 Å². The van der Waals surface area contributed by atoms with Gasteiger partial charge in [0.05, 0.1) is 17.3 Å². The Morgan fingerprint density at radius 2 is 2.09 bits per heavy atom. The van der Waals surface area contributed by atoms with Gasteiger partial charge >= 0.3 is 0 Å². The number of pyridine rings is 2. The van der Waals surface area contributed by atoms with Crippen molar-refractivity contribution in [1.82, 2.24) is 14.9 Å². The van der Waals surface area contributed by atoms with Crippen molar-refractivity contribution in [2.45, 2.75) is 32.1 Å². The van der Waals surface area contributed by atoms with E-state index in [1.165, 1.54) is 0 Å². The monoisotopic (exact) mass is 501 g/mol. The van der Waals surface area contributed by atoms with Gasteiger partial charge in [0.15, 0.2) is 0 Å². The molecule has 0 radical (unpaired) electrons. The normalized spacial score (nSPS) is 19.4. The average Bonchev–Trinajstić information content (AvgIpc) is 2.88. The molecule has 0 saturated carbocycles. The minimum atomic E-state index is -0.0239. The molecule has 0 aliphatic carbocycles. The van der Waals surface area contributed by atoms with Crippen LogP contribution in [0.3, 0.4) is 0 Å². The van der Waals surface area contributed by atoms with E-state index in [0.717, 1.165) is 88.8 Å². The van der Waals surface area contributed by atoms with Gasteiger partial charge in [-0.3, -0.25) is 4.79 Å². The lowest BCUT2D eigenvalue weighted by Crippen LogP contribution is -2.38. The van der Waals surface area contributed by atoms with Crippen LogP contribution in [0, 0.1) is 11.8 Å². The Hall–Kier alpha value is -2.26. The fourth-order valence-electron chi connectivity index (χ4n) is 4.78. The van der Waals surface area contributed by atoms with Gasteiger partial charge in [-0.05, 0) is 62.3 Å². The Bertz CT molecular complexity index is 970. The molecule has 2 aliphatic heterocycles. The zero-order valence-electron chi connectivity index (χ0n) is 20.5. The summed E-state index contributed by atoms with van der Waals surface area (Å²) in [5.74, 6) is 2.21. The van der Waals surface area contributed by atoms with E-state index < -0.39 is 0 Å². The number of ether oxygens (including phenoxy) is 2. The van der Waals surface area contributed by atoms with Crippen LogP contribution in [-0.4, -0.2) is 73.9 Å². The highest BCUT2D eigenvalue weighted by Crippen LogP contribution is 2.29. The Morgan fingerprint density at radius 3 is 2.91 bits per heavy atom. The third kappa shape index (κ3) is 7.87. The van der Waals surface area contributed by atoms with Crippen molar-refractivity contribution in [3.8, 4) is 11.3 Å². The molecule has 1 unspecified atom stereocenters. The molecule has 2 aliphatic rings. The summed E-state index contributed by atoms with van der Waals surface area (Å²) in [5, 5.41) is 6.90. The lowest BCUT2D eigenvalue weighted by Gasteiger charge is -2.32. The van der Waals surface area contributed by atoms with E-state index in [2.05, 4.69) is 20.5 Å². The third-order valence-electron chi connectivity index (χ3n) is 6.75. The van der Waals surface area contributed by atoms with Crippen LogP contribution in [0.15, 0.2) is 30.5 Å². The van der Waals surface area contributed by atoms with Gasteiger partial charge in [0, 0.05) is 58.1 Å². The second kappa shape index (κ2) is 13.2. The van der Waals surface area contributed by atoms with Crippen LogP contribution in [0.2, 0.25) is 5.02 Å². The van der Waals surface area contributed by atoms with Crippen LogP contribution in [0.25, 0.3) is 11.3 Å². The minimum absolute atomic E-state index is 0.0239. The number of methoxy groups -OCH3 is 1. The number of nitrogens with one attached hydrogen (secondary N) is 2. The minimum Gasteiger partial charge on any atom is -0.383 e. The summed E-state index contributed by atoms with van der Waals surface area (Å²) in [6, 6.07) is 7.64. The lowest BCUT2D eigenvalue weighted by molar-refractivity contribution is -0.117. The van der Waals surface area contributed by atoms with Crippen LogP contribution < -0.4 is 10.6 Å². The highest BCUT2D eigenvalue weighted by Gasteiger charge is 2.22. The molecule has 4 heterocycles. The maximum atomic E-state index is 12.8. The van der Waals surface area contributed by atoms with Gasteiger partial charge < -0.3 is 25.0 Å². The summed E-state index contributed by atoms with van der Waals surface area (Å²) in [5.41, 5.74) is 1.49. The molecule has 2 aromatic heterocycles. The number of hydrogen-bond donors (Lipinski definition) is 2. The first-order chi connectivity index (χ1) is 17.1. The number of rotatable bonds is 10. The zero-order valence-corrected chi connectivity index (χ0v) is 21.2. The van der Waals surface area contributed by atoms with Crippen molar-refractivity contribution >= 4 is 29.1 Å². The zero-order chi connectivity index (χ0) is 24.5. The molecule has 35 heavy (non-hydrogen) atoms. The van der Waals surface area contributed by atoms with Crippen LogP contribution in [0.4, 0.5) is 11.6 Å². The number of aromatic nitrogens is 2. The smallest absolute Gasteiger partial charge is 0.225 e. The standard InChI is InChI=1S/C26H36ClN5O3/c1-34-13-10-32-9-3-4-20(18-32)14-26(33)31-25-15-21(22(27)17-29-25)23-5-2-6-24(30-23)28-16-19-7-11-35-12-8-19/h2,5-6,15,17,19-20H,3-4,7-14,16,18H2,1H3,(H,28,30)(H,29,31,33). The molecule has 8 nitrogen and oxygen atoms in total. The number of halogens is 1. The van der Waals surface area contributed by atoms with Gasteiger partial charge in [0.1, 0.15) is 11.6 Å². The van der Waals surface area contributed by atoms with Crippen molar-refractivity contribution in [2.75, 3.05) is 63.7 Å². The molecular formula is C26H36ClN5O3. The van der Waals surface area contributed by atoms with Crippen molar-refractivity contribution in [3.63, 3.8) is 0 Å². The Kier molecular flexibility index (Phi) is 9.71. The van der Waals surface area contributed by atoms with Gasteiger partial charge in [-0.25, -0.2) is 9.97 Å². The van der Waals surface area contributed by atoms with E-state index in [4.69, 9.17) is 26.1 Å². The number of anilines is 2. The summed E-state index contributed by atoms with van der Waals surface area (Å²) < 4.78 is 10.6. The predicted molar refractivity (Wildman–Crippen MR) is 139 cm³/mol. The molecule has 4 rings (SSSR count). The predicted octanol–water partition coefficient (Wildman–Crippen LogP) is 4.32. The number of piperidine rings is 1. The van der Waals surface area contributed by atoms with E-state index in [1.54, 1.807) is 19.4 Å². The molecule has 2 saturated heterocycles. The quantitative estimate of drug-likeness (QED) is 0.501. The first-order valence-electron chi connectivity index (χ1n) is 12.6. The number of likely N-dealkylation sites (tertiary alicyclic amines) is 1. The largest absolute Gasteiger partial charge is 0.383 e. The maximum Gasteiger partial charge on any atom is 0.225 e. The Balaban J connectivity index is 1.35. The molecule has 2 fully saturated rings. The van der Waals surface area contributed by atoms with Crippen LogP contribution in [0.1, 0.15) is 32.1 Å². The van der Waals surface area contributed by atoms with Crippen molar-refractivity contribution < 1.29 is 14.3 Å². The molecular weight excluding hydrogens is 466 g/mol. The van der Waals surface area contributed by atoms with Gasteiger partial charge in [0.2, 0.25) is 5.91 Å². The molecule has 190 valence electrons. The topological polar surface area (TPSA) is 88.6 Å². The van der Waals surface area contributed by atoms with Crippen LogP contribution in [-0.2, 0) is 14.3 Å². The van der Waals surface area contributed by atoms with Crippen LogP contribution in [0.5, 0.6) is 0 Å². The van der Waals surface area contributed by atoms with E-state index in [0.29, 0.717) is 29.1 Å². The number of hydrogen-bond acceptors (Lipinski definition) is 7. The van der Waals surface area contributed by atoms with Gasteiger partial charge in [0.25, 0.3) is 0 Å². The molecule has 2 aromatic rings. The molecule has 0 bridgehead atoms. The molecule has 1 atom stereocenters. The lowest BCUT2D eigenvalue weighted by atomic mass is 9.94. The van der Waals surface area contributed by atoms with E-state index in [9.17, 15) is 4.79 Å². The number of carbonyl (C=O) groups is 1. The highest BCUT2D eigenvalue weighted by atomic mass is 35.5. The first-order valence-corrected chi connectivity index (χ1v) is 12.9. The second-order valence-corrected chi connectivity index (χ2v) is 9.86. The van der Waals surface area contributed by atoms with E-state index in [-0.39, 0.29) is 5.91 Å². The fourth-order valence-corrected chi connectivity index (χ4v) is 4.98. The van der Waals surface area contributed by atoms with Gasteiger partial charge in [-0.1, -0.05) is 17.7 Å². The van der Waals surface area contributed by atoms with Crippen molar-refractivity contribution in [3.05, 3.63) is 35.5 Å². The summed E-state index contributed by atoms with van der Waals surface area (Å²) in [4.78, 5) is 24.2. The van der Waals surface area contributed by atoms with E-state index >= 15 is 0 Å². The fraction of sp³-hybridized carbons (Fsp3) is 0.577. The van der Waals surface area contributed by atoms with Gasteiger partial charge in [-0.2, -0.15) is 0 Å². The third-order valence-corrected chi connectivity index (χ3v) is 7.05. The highest BCUT2D eigenvalue weighted by molar-refractivity contribution is 6.33. The van der Waals surface area contributed by atoms with Crippen molar-refractivity contribution in [1.29, 1.82) is 0 Å². The Labute approximate surface area is 212 Å². The maximum absolute atomic E-state index is 12.8. The SMILES string of the molecule is COCCN1CCCC(CC(=O)Nc2cc(-c3cccc(NCC4CCOCC4)n3)c(Cl)cn2)C1. The first kappa shape index (κ1) is 25.8. The second-order valence-electron chi connectivity index (χ2n) is 9.45. The van der Waals surface area contributed by atoms with Gasteiger partial charge in [-0.15, -0.1) is 0 Å². The average molecular weight is 502 g/mol. The summed E-state index contributed by atoms with van der Waals surface area (Å²) in [6.07, 6.45) is 6.36. The summed E-state index contributed by atoms with van der Waals surface area (Å²) in [6.45, 7) is 6.15. The summed E-state index contributed by atoms with van der Waals surface area (Å²) in [7, 11) is 1.72. The molecule has 1 amide bonds. The number of amides is 1. The summed E-state index contributed by atoms with van der Waals surface area (Å²) >= 11 is 6.47. The molecule has 0 aromatic carbocycles. The number of carbonyl (C=O) groups excluding carboxylic acids is 1. The Morgan fingerprint density at radius 1 is 1.23 bits per heavy atom.